The zero-order valence-electron chi connectivity index (χ0n) is 16.9. The van der Waals surface area contributed by atoms with Crippen molar-refractivity contribution >= 4 is 27.5 Å². The fourth-order valence-corrected chi connectivity index (χ4v) is 5.34. The number of piperazine rings is 1. The smallest absolute Gasteiger partial charge is 0.262 e. The Hall–Kier alpha value is -2.98. The summed E-state index contributed by atoms with van der Waals surface area (Å²) >= 11 is 0. The van der Waals surface area contributed by atoms with Crippen molar-refractivity contribution in [3.8, 4) is 5.75 Å². The molecule has 0 bridgehead atoms. The lowest BCUT2D eigenvalue weighted by molar-refractivity contribution is -0.131. The Bertz CT molecular complexity index is 1130. The molecule has 1 saturated heterocycles. The Balaban J connectivity index is 1.44. The van der Waals surface area contributed by atoms with E-state index in [-0.39, 0.29) is 61.7 Å². The topological polar surface area (TPSA) is 96.0 Å². The normalized spacial score (nSPS) is 17.0. The highest BCUT2D eigenvalue weighted by Crippen LogP contribution is 2.34. The number of nitrogens with one attached hydrogen (secondary N) is 1. The molecule has 2 aliphatic heterocycles. The highest BCUT2D eigenvalue weighted by Gasteiger charge is 2.32. The second-order valence-corrected chi connectivity index (χ2v) is 9.45. The number of halogens is 1. The third-order valence-electron chi connectivity index (χ3n) is 5.39. The SMILES string of the molecule is Cc1cc2c(cc1S(=O)(=O)N1CCN(C(=O)Cc3ccc(F)cc3)CC1)OCC(=O)N2. The molecule has 2 amide bonds. The van der Waals surface area contributed by atoms with E-state index in [1.807, 2.05) is 0 Å². The van der Waals surface area contributed by atoms with Crippen LogP contribution in [0.3, 0.4) is 0 Å². The van der Waals surface area contributed by atoms with Gasteiger partial charge in [0.25, 0.3) is 5.91 Å². The number of hydrogen-bond acceptors (Lipinski definition) is 5. The van der Waals surface area contributed by atoms with Crippen molar-refractivity contribution < 1.29 is 27.1 Å². The van der Waals surface area contributed by atoms with Gasteiger partial charge in [0.1, 0.15) is 11.6 Å². The zero-order valence-corrected chi connectivity index (χ0v) is 17.7. The predicted octanol–water partition coefficient (Wildman–Crippen LogP) is 1.54. The molecule has 0 spiro atoms. The van der Waals surface area contributed by atoms with Crippen LogP contribution in [0.1, 0.15) is 11.1 Å². The molecule has 4 rings (SSSR count). The summed E-state index contributed by atoms with van der Waals surface area (Å²) in [6.45, 7) is 2.39. The van der Waals surface area contributed by atoms with E-state index in [2.05, 4.69) is 5.32 Å². The molecule has 2 aromatic carbocycles. The Morgan fingerprint density at radius 1 is 1.13 bits per heavy atom. The van der Waals surface area contributed by atoms with Gasteiger partial charge in [0.05, 0.1) is 17.0 Å². The molecule has 31 heavy (non-hydrogen) atoms. The molecule has 2 aliphatic rings. The summed E-state index contributed by atoms with van der Waals surface area (Å²) in [5.41, 5.74) is 1.65. The van der Waals surface area contributed by atoms with Gasteiger partial charge < -0.3 is 15.0 Å². The summed E-state index contributed by atoms with van der Waals surface area (Å²) < 4.78 is 46.1. The lowest BCUT2D eigenvalue weighted by Crippen LogP contribution is -2.51. The van der Waals surface area contributed by atoms with Crippen LogP contribution in [0.4, 0.5) is 10.1 Å². The van der Waals surface area contributed by atoms with Crippen molar-refractivity contribution in [1.29, 1.82) is 0 Å². The Labute approximate surface area is 179 Å². The van der Waals surface area contributed by atoms with Crippen LogP contribution in [0.5, 0.6) is 5.75 Å². The average molecular weight is 447 g/mol. The largest absolute Gasteiger partial charge is 0.482 e. The molecule has 0 atom stereocenters. The number of ether oxygens (including phenoxy) is 1. The molecular formula is C21H22FN3O5S. The number of sulfonamides is 1. The summed E-state index contributed by atoms with van der Waals surface area (Å²) in [6.07, 6.45) is 0.139. The van der Waals surface area contributed by atoms with E-state index >= 15 is 0 Å². The first-order valence-electron chi connectivity index (χ1n) is 9.84. The first-order chi connectivity index (χ1) is 14.7. The molecule has 0 radical (unpaired) electrons. The van der Waals surface area contributed by atoms with Crippen LogP contribution >= 0.6 is 0 Å². The molecular weight excluding hydrogens is 425 g/mol. The maximum Gasteiger partial charge on any atom is 0.262 e. The van der Waals surface area contributed by atoms with Gasteiger partial charge in [-0.05, 0) is 36.2 Å². The third kappa shape index (κ3) is 4.40. The van der Waals surface area contributed by atoms with E-state index in [0.717, 1.165) is 0 Å². The number of benzene rings is 2. The molecule has 0 aliphatic carbocycles. The Kier molecular flexibility index (Phi) is 5.67. The maximum atomic E-state index is 13.2. The molecule has 2 aromatic rings. The van der Waals surface area contributed by atoms with Crippen LogP contribution in [-0.4, -0.2) is 62.2 Å². The minimum Gasteiger partial charge on any atom is -0.482 e. The van der Waals surface area contributed by atoms with Gasteiger partial charge in [-0.2, -0.15) is 4.31 Å². The van der Waals surface area contributed by atoms with Crippen LogP contribution in [0.2, 0.25) is 0 Å². The molecule has 2 heterocycles. The Morgan fingerprint density at radius 3 is 2.48 bits per heavy atom. The maximum absolute atomic E-state index is 13.2. The number of anilines is 1. The summed E-state index contributed by atoms with van der Waals surface area (Å²) in [4.78, 5) is 25.7. The average Bonchev–Trinajstić information content (AvgIpc) is 2.74. The fourth-order valence-electron chi connectivity index (χ4n) is 3.70. The number of hydrogen-bond donors (Lipinski definition) is 1. The number of carbonyl (C=O) groups is 2. The second kappa shape index (κ2) is 8.27. The monoisotopic (exact) mass is 447 g/mol. The highest BCUT2D eigenvalue weighted by atomic mass is 32.2. The van der Waals surface area contributed by atoms with Gasteiger partial charge in [0.2, 0.25) is 15.9 Å². The number of carbonyl (C=O) groups excluding carboxylic acids is 2. The standard InChI is InChI=1S/C21H22FN3O5S/c1-14-10-17-18(30-13-20(26)23-17)12-19(14)31(28,29)25-8-6-24(7-9-25)21(27)11-15-2-4-16(22)5-3-15/h2-5,10,12H,6-9,11,13H2,1H3,(H,23,26). The minimum atomic E-state index is -3.79. The quantitative estimate of drug-likeness (QED) is 0.767. The molecule has 164 valence electrons. The van der Waals surface area contributed by atoms with Crippen LogP contribution in [0, 0.1) is 12.7 Å². The van der Waals surface area contributed by atoms with E-state index in [1.54, 1.807) is 30.0 Å². The van der Waals surface area contributed by atoms with Crippen molar-refractivity contribution in [3.05, 3.63) is 53.3 Å². The number of aryl methyl sites for hydroxylation is 1. The summed E-state index contributed by atoms with van der Waals surface area (Å²) in [7, 11) is -3.79. The number of amides is 2. The molecule has 0 aromatic heterocycles. The van der Waals surface area contributed by atoms with E-state index in [9.17, 15) is 22.4 Å². The fraction of sp³-hybridized carbons (Fsp3) is 0.333. The van der Waals surface area contributed by atoms with Crippen molar-refractivity contribution in [1.82, 2.24) is 9.21 Å². The van der Waals surface area contributed by atoms with E-state index < -0.39 is 10.0 Å². The second-order valence-electron chi connectivity index (χ2n) is 7.54. The van der Waals surface area contributed by atoms with E-state index in [0.29, 0.717) is 22.6 Å². The van der Waals surface area contributed by atoms with E-state index in [1.165, 1.54) is 22.5 Å². The predicted molar refractivity (Wildman–Crippen MR) is 111 cm³/mol. The number of nitrogens with zero attached hydrogens (tertiary/aromatic N) is 2. The van der Waals surface area contributed by atoms with Crippen molar-refractivity contribution in [2.24, 2.45) is 0 Å². The van der Waals surface area contributed by atoms with Gasteiger partial charge in [-0.1, -0.05) is 12.1 Å². The number of fused-ring (bicyclic) bond motifs is 1. The molecule has 10 heteroatoms. The van der Waals surface area contributed by atoms with Crippen LogP contribution in [-0.2, 0) is 26.0 Å². The van der Waals surface area contributed by atoms with Crippen LogP contribution < -0.4 is 10.1 Å². The highest BCUT2D eigenvalue weighted by molar-refractivity contribution is 7.89. The summed E-state index contributed by atoms with van der Waals surface area (Å²) in [5, 5.41) is 2.66. The lowest BCUT2D eigenvalue weighted by Gasteiger charge is -2.34. The van der Waals surface area contributed by atoms with Crippen molar-refractivity contribution in [2.45, 2.75) is 18.2 Å². The third-order valence-corrected chi connectivity index (χ3v) is 7.43. The van der Waals surface area contributed by atoms with Gasteiger partial charge in [-0.3, -0.25) is 9.59 Å². The van der Waals surface area contributed by atoms with Gasteiger partial charge in [0.15, 0.2) is 6.61 Å². The summed E-state index contributed by atoms with van der Waals surface area (Å²) in [5.74, 6) is -0.459. The first-order valence-corrected chi connectivity index (χ1v) is 11.3. The number of rotatable bonds is 4. The molecule has 1 N–H and O–H groups in total. The molecule has 8 nitrogen and oxygen atoms in total. The van der Waals surface area contributed by atoms with Gasteiger partial charge in [-0.15, -0.1) is 0 Å². The van der Waals surface area contributed by atoms with Crippen molar-refractivity contribution in [2.75, 3.05) is 38.1 Å². The molecule has 1 fully saturated rings. The lowest BCUT2D eigenvalue weighted by atomic mass is 10.1. The van der Waals surface area contributed by atoms with Crippen LogP contribution in [0.25, 0.3) is 0 Å². The van der Waals surface area contributed by atoms with Crippen molar-refractivity contribution in [3.63, 3.8) is 0 Å². The van der Waals surface area contributed by atoms with Gasteiger partial charge >= 0.3 is 0 Å². The Morgan fingerprint density at radius 2 is 1.81 bits per heavy atom. The van der Waals surface area contributed by atoms with Crippen LogP contribution in [0.15, 0.2) is 41.3 Å². The molecule has 0 saturated carbocycles. The summed E-state index contributed by atoms with van der Waals surface area (Å²) in [6, 6.07) is 8.77. The first kappa shape index (κ1) is 21.3. The van der Waals surface area contributed by atoms with Gasteiger partial charge in [-0.25, -0.2) is 12.8 Å². The van der Waals surface area contributed by atoms with Gasteiger partial charge in [0, 0.05) is 32.2 Å². The zero-order chi connectivity index (χ0) is 22.2. The van der Waals surface area contributed by atoms with E-state index in [4.69, 9.17) is 4.74 Å². The molecule has 0 unspecified atom stereocenters. The minimum absolute atomic E-state index is 0.119.